The largest absolute Gasteiger partial charge is 0.494 e. The Morgan fingerprint density at radius 3 is 2.59 bits per heavy atom. The van der Waals surface area contributed by atoms with E-state index in [1.165, 1.54) is 6.07 Å². The van der Waals surface area contributed by atoms with E-state index >= 15 is 0 Å². The van der Waals surface area contributed by atoms with Gasteiger partial charge < -0.3 is 10.5 Å². The maximum Gasteiger partial charge on any atom is 0.159 e. The average molecular weight is 305 g/mol. The lowest BCUT2D eigenvalue weighted by atomic mass is 9.92. The summed E-state index contributed by atoms with van der Waals surface area (Å²) in [5, 5.41) is 0. The third-order valence-electron chi connectivity index (χ3n) is 3.55. The first-order chi connectivity index (χ1) is 10.6. The van der Waals surface area contributed by atoms with E-state index in [4.69, 9.17) is 10.5 Å². The van der Waals surface area contributed by atoms with Gasteiger partial charge in [0.25, 0.3) is 0 Å². The van der Waals surface area contributed by atoms with Gasteiger partial charge in [0.15, 0.2) is 11.6 Å². The van der Waals surface area contributed by atoms with E-state index in [0.717, 1.165) is 23.8 Å². The van der Waals surface area contributed by atoms with Crippen molar-refractivity contribution in [2.24, 2.45) is 5.73 Å². The van der Waals surface area contributed by atoms with Crippen LogP contribution in [0.1, 0.15) is 30.4 Å². The molecule has 2 aromatic carbocycles. The van der Waals surface area contributed by atoms with E-state index in [9.17, 15) is 8.78 Å². The molecule has 0 aliphatic heterocycles. The molecule has 0 radical (unpaired) electrons. The zero-order valence-corrected chi connectivity index (χ0v) is 12.7. The third kappa shape index (κ3) is 4.28. The summed E-state index contributed by atoms with van der Waals surface area (Å²) in [4.78, 5) is 0. The Balaban J connectivity index is 2.14. The van der Waals surface area contributed by atoms with Gasteiger partial charge in [0.1, 0.15) is 5.75 Å². The smallest absolute Gasteiger partial charge is 0.159 e. The van der Waals surface area contributed by atoms with Crippen molar-refractivity contribution in [3.8, 4) is 5.75 Å². The van der Waals surface area contributed by atoms with E-state index in [-0.39, 0.29) is 5.92 Å². The highest BCUT2D eigenvalue weighted by Gasteiger charge is 2.13. The van der Waals surface area contributed by atoms with Crippen LogP contribution in [0.2, 0.25) is 0 Å². The third-order valence-corrected chi connectivity index (χ3v) is 3.55. The minimum absolute atomic E-state index is 0.0588. The van der Waals surface area contributed by atoms with Crippen molar-refractivity contribution in [1.29, 1.82) is 0 Å². The monoisotopic (exact) mass is 305 g/mol. The second-order valence-electron chi connectivity index (χ2n) is 5.31. The molecule has 0 aliphatic carbocycles. The molecule has 0 bridgehead atoms. The van der Waals surface area contributed by atoms with Crippen LogP contribution in [0.15, 0.2) is 42.5 Å². The molecule has 0 fully saturated rings. The van der Waals surface area contributed by atoms with Gasteiger partial charge in [-0.1, -0.05) is 25.1 Å². The van der Waals surface area contributed by atoms with Crippen molar-refractivity contribution < 1.29 is 13.5 Å². The van der Waals surface area contributed by atoms with Gasteiger partial charge in [-0.2, -0.15) is 0 Å². The maximum atomic E-state index is 13.4. The quantitative estimate of drug-likeness (QED) is 0.838. The maximum absolute atomic E-state index is 13.4. The highest BCUT2D eigenvalue weighted by molar-refractivity contribution is 5.31. The van der Waals surface area contributed by atoms with Gasteiger partial charge in [0.2, 0.25) is 0 Å². The molecule has 1 atom stereocenters. The molecular weight excluding hydrogens is 284 g/mol. The van der Waals surface area contributed by atoms with Crippen molar-refractivity contribution >= 4 is 0 Å². The van der Waals surface area contributed by atoms with Crippen molar-refractivity contribution in [2.45, 2.75) is 25.7 Å². The Hall–Kier alpha value is -1.94. The van der Waals surface area contributed by atoms with Crippen LogP contribution in [0.25, 0.3) is 0 Å². The second-order valence-corrected chi connectivity index (χ2v) is 5.31. The fourth-order valence-corrected chi connectivity index (χ4v) is 2.37. The molecule has 2 rings (SSSR count). The minimum atomic E-state index is -0.838. The van der Waals surface area contributed by atoms with Crippen molar-refractivity contribution in [3.05, 3.63) is 65.2 Å². The Bertz CT molecular complexity index is 616. The lowest BCUT2D eigenvalue weighted by Gasteiger charge is -2.16. The SMILES string of the molecule is CCCOc1cccc(CC(CN)c2ccc(F)c(F)c2)c1. The van der Waals surface area contributed by atoms with Crippen LogP contribution in [0.3, 0.4) is 0 Å². The first-order valence-corrected chi connectivity index (χ1v) is 7.50. The summed E-state index contributed by atoms with van der Waals surface area (Å²) in [7, 11) is 0. The Kier molecular flexibility index (Phi) is 5.90. The molecule has 22 heavy (non-hydrogen) atoms. The molecular formula is C18H21F2NO. The lowest BCUT2D eigenvalue weighted by Crippen LogP contribution is -2.15. The van der Waals surface area contributed by atoms with Crippen LogP contribution >= 0.6 is 0 Å². The summed E-state index contributed by atoms with van der Waals surface area (Å²) in [5.41, 5.74) is 7.58. The standard InChI is InChI=1S/C18H21F2NO/c1-2-8-22-16-5-3-4-13(10-16)9-15(12-21)14-6-7-17(19)18(20)11-14/h3-7,10-11,15H,2,8-9,12,21H2,1H3. The molecule has 2 N–H and O–H groups in total. The molecule has 0 aromatic heterocycles. The Labute approximate surface area is 129 Å². The van der Waals surface area contributed by atoms with E-state index in [1.807, 2.05) is 24.3 Å². The first-order valence-electron chi connectivity index (χ1n) is 7.50. The summed E-state index contributed by atoms with van der Waals surface area (Å²) >= 11 is 0. The number of benzene rings is 2. The first kappa shape index (κ1) is 16.4. The topological polar surface area (TPSA) is 35.2 Å². The number of halogens is 2. The van der Waals surface area contributed by atoms with Crippen molar-refractivity contribution in [1.82, 2.24) is 0 Å². The molecule has 118 valence electrons. The molecule has 0 amide bonds. The van der Waals surface area contributed by atoms with Crippen LogP contribution in [0.4, 0.5) is 8.78 Å². The summed E-state index contributed by atoms with van der Waals surface area (Å²) in [6.07, 6.45) is 1.61. The molecule has 1 unspecified atom stereocenters. The zero-order valence-electron chi connectivity index (χ0n) is 12.7. The van der Waals surface area contributed by atoms with Crippen LogP contribution in [-0.2, 0) is 6.42 Å². The Morgan fingerprint density at radius 2 is 1.91 bits per heavy atom. The normalized spacial score (nSPS) is 12.2. The van der Waals surface area contributed by atoms with E-state index < -0.39 is 11.6 Å². The predicted octanol–water partition coefficient (Wildman–Crippen LogP) is 4.04. The fraction of sp³-hybridized carbons (Fsp3) is 0.333. The zero-order chi connectivity index (χ0) is 15.9. The van der Waals surface area contributed by atoms with Gasteiger partial charge in [-0.25, -0.2) is 8.78 Å². The summed E-state index contributed by atoms with van der Waals surface area (Å²) < 4.78 is 32.0. The molecule has 2 nitrogen and oxygen atoms in total. The number of nitrogens with two attached hydrogens (primary N) is 1. The summed E-state index contributed by atoms with van der Waals surface area (Å²) in [6, 6.07) is 11.8. The number of hydrogen-bond donors (Lipinski definition) is 1. The van der Waals surface area contributed by atoms with Crippen LogP contribution < -0.4 is 10.5 Å². The van der Waals surface area contributed by atoms with Gasteiger partial charge in [-0.15, -0.1) is 0 Å². The van der Waals surface area contributed by atoms with Gasteiger partial charge in [0, 0.05) is 5.92 Å². The van der Waals surface area contributed by atoms with Crippen molar-refractivity contribution in [3.63, 3.8) is 0 Å². The summed E-state index contributed by atoms with van der Waals surface area (Å²) in [6.45, 7) is 3.09. The molecule has 4 heteroatoms. The average Bonchev–Trinajstić information content (AvgIpc) is 2.54. The lowest BCUT2D eigenvalue weighted by molar-refractivity contribution is 0.317. The second kappa shape index (κ2) is 7.90. The molecule has 0 heterocycles. The number of ether oxygens (including phenoxy) is 1. The van der Waals surface area contributed by atoms with E-state index in [2.05, 4.69) is 6.92 Å². The van der Waals surface area contributed by atoms with E-state index in [0.29, 0.717) is 25.1 Å². The van der Waals surface area contributed by atoms with Gasteiger partial charge in [0.05, 0.1) is 6.61 Å². The molecule has 0 spiro atoms. The molecule has 0 saturated heterocycles. The molecule has 2 aromatic rings. The minimum Gasteiger partial charge on any atom is -0.494 e. The van der Waals surface area contributed by atoms with Crippen molar-refractivity contribution in [2.75, 3.05) is 13.2 Å². The Morgan fingerprint density at radius 1 is 1.09 bits per heavy atom. The number of rotatable bonds is 7. The highest BCUT2D eigenvalue weighted by Crippen LogP contribution is 2.24. The van der Waals surface area contributed by atoms with Gasteiger partial charge in [-0.05, 0) is 54.8 Å². The predicted molar refractivity (Wildman–Crippen MR) is 84.1 cm³/mol. The van der Waals surface area contributed by atoms with E-state index in [1.54, 1.807) is 6.07 Å². The molecule has 0 saturated carbocycles. The van der Waals surface area contributed by atoms with Gasteiger partial charge >= 0.3 is 0 Å². The van der Waals surface area contributed by atoms with Crippen LogP contribution in [0, 0.1) is 11.6 Å². The highest BCUT2D eigenvalue weighted by atomic mass is 19.2. The molecule has 0 aliphatic rings. The van der Waals surface area contributed by atoms with Gasteiger partial charge in [-0.3, -0.25) is 0 Å². The summed E-state index contributed by atoms with van der Waals surface area (Å²) in [5.74, 6) is -0.914. The van der Waals surface area contributed by atoms with Crippen LogP contribution in [-0.4, -0.2) is 13.2 Å². The number of hydrogen-bond acceptors (Lipinski definition) is 2. The fourth-order valence-electron chi connectivity index (χ4n) is 2.37. The van der Waals surface area contributed by atoms with Crippen LogP contribution in [0.5, 0.6) is 5.75 Å².